The summed E-state index contributed by atoms with van der Waals surface area (Å²) in [7, 11) is 0. The maximum absolute atomic E-state index is 12.7. The predicted octanol–water partition coefficient (Wildman–Crippen LogP) is 4.13. The van der Waals surface area contributed by atoms with Crippen molar-refractivity contribution in [1.29, 1.82) is 0 Å². The number of hydrogen-bond donors (Lipinski definition) is 0. The van der Waals surface area contributed by atoms with Gasteiger partial charge in [0.1, 0.15) is 0 Å². The van der Waals surface area contributed by atoms with Crippen molar-refractivity contribution in [3.8, 4) is 5.69 Å². The fourth-order valence-corrected chi connectivity index (χ4v) is 3.43. The minimum atomic E-state index is -0.213. The molecule has 0 aliphatic carbocycles. The number of aryl methyl sites for hydroxylation is 3. The molecule has 4 nitrogen and oxygen atoms in total. The number of Topliss-reactive ketones (excluding diaryl/α,β-unsaturated/α-hetero) is 1. The molecule has 2 aromatic carbocycles. The zero-order valence-electron chi connectivity index (χ0n) is 15.0. The molecule has 0 fully saturated rings. The summed E-state index contributed by atoms with van der Waals surface area (Å²) in [6.07, 6.45) is 3.23. The summed E-state index contributed by atoms with van der Waals surface area (Å²) in [5.41, 5.74) is 4.39. The van der Waals surface area contributed by atoms with E-state index in [1.807, 2.05) is 63.2 Å². The molecule has 0 saturated heterocycles. The molecule has 0 bridgehead atoms. The highest BCUT2D eigenvalue weighted by Crippen LogP contribution is 2.17. The van der Waals surface area contributed by atoms with Gasteiger partial charge in [-0.25, -0.2) is 4.98 Å². The van der Waals surface area contributed by atoms with Crippen LogP contribution in [0.1, 0.15) is 27.0 Å². The first-order valence-corrected chi connectivity index (χ1v) is 9.32. The number of rotatable bonds is 5. The highest BCUT2D eigenvalue weighted by molar-refractivity contribution is 7.99. The Labute approximate surface area is 156 Å². The van der Waals surface area contributed by atoms with Gasteiger partial charge in [0.05, 0.1) is 5.75 Å². The molecule has 26 heavy (non-hydrogen) atoms. The van der Waals surface area contributed by atoms with Crippen LogP contribution < -0.4 is 5.56 Å². The standard InChI is InChI=1S/C21H20N2O2S/c1-14-5-8-17(9-6-14)23-11-10-22-20(21(23)25)26-13-19(24)18-12-15(2)4-7-16(18)3/h4-12H,13H2,1-3H3. The molecule has 0 saturated carbocycles. The molecule has 0 amide bonds. The third kappa shape index (κ3) is 3.94. The van der Waals surface area contributed by atoms with Crippen molar-refractivity contribution in [2.75, 3.05) is 5.75 Å². The van der Waals surface area contributed by atoms with Crippen LogP contribution in [0.5, 0.6) is 0 Å². The number of hydrogen-bond acceptors (Lipinski definition) is 4. The Morgan fingerprint density at radius 1 is 1.04 bits per heavy atom. The molecule has 5 heteroatoms. The Hall–Kier alpha value is -2.66. The van der Waals surface area contributed by atoms with Crippen molar-refractivity contribution in [3.05, 3.63) is 87.5 Å². The Kier molecular flexibility index (Phi) is 5.38. The van der Waals surface area contributed by atoms with E-state index in [1.54, 1.807) is 17.0 Å². The molecule has 132 valence electrons. The van der Waals surface area contributed by atoms with Gasteiger partial charge >= 0.3 is 0 Å². The average molecular weight is 364 g/mol. The van der Waals surface area contributed by atoms with E-state index in [1.165, 1.54) is 11.8 Å². The topological polar surface area (TPSA) is 52.0 Å². The molecule has 0 radical (unpaired) electrons. The third-order valence-electron chi connectivity index (χ3n) is 4.15. The molecule has 0 atom stereocenters. The maximum Gasteiger partial charge on any atom is 0.287 e. The summed E-state index contributed by atoms with van der Waals surface area (Å²) in [5, 5.41) is 0.326. The van der Waals surface area contributed by atoms with Crippen LogP contribution in [-0.2, 0) is 0 Å². The Bertz CT molecular complexity index is 1010. The van der Waals surface area contributed by atoms with E-state index in [0.29, 0.717) is 10.6 Å². The first-order valence-electron chi connectivity index (χ1n) is 8.33. The van der Waals surface area contributed by atoms with E-state index >= 15 is 0 Å². The molecule has 0 unspecified atom stereocenters. The van der Waals surface area contributed by atoms with Crippen LogP contribution in [0.4, 0.5) is 0 Å². The Balaban J connectivity index is 1.82. The van der Waals surface area contributed by atoms with Gasteiger partial charge in [-0.3, -0.25) is 14.2 Å². The van der Waals surface area contributed by atoms with Gasteiger partial charge < -0.3 is 0 Å². The average Bonchev–Trinajstić information content (AvgIpc) is 2.63. The second-order valence-corrected chi connectivity index (χ2v) is 7.24. The van der Waals surface area contributed by atoms with Crippen LogP contribution in [0.2, 0.25) is 0 Å². The molecule has 0 spiro atoms. The van der Waals surface area contributed by atoms with Gasteiger partial charge in [0, 0.05) is 23.6 Å². The van der Waals surface area contributed by atoms with E-state index in [4.69, 9.17) is 0 Å². The highest BCUT2D eigenvalue weighted by atomic mass is 32.2. The number of benzene rings is 2. The fraction of sp³-hybridized carbons (Fsp3) is 0.190. The van der Waals surface area contributed by atoms with Gasteiger partial charge in [-0.1, -0.05) is 47.2 Å². The molecule has 3 aromatic rings. The van der Waals surface area contributed by atoms with Crippen LogP contribution in [0.15, 0.2) is 64.7 Å². The number of thioether (sulfide) groups is 1. The molecule has 0 N–H and O–H groups in total. The maximum atomic E-state index is 12.7. The first-order chi connectivity index (χ1) is 12.5. The zero-order chi connectivity index (χ0) is 18.7. The monoisotopic (exact) mass is 364 g/mol. The van der Waals surface area contributed by atoms with Gasteiger partial charge in [0.25, 0.3) is 5.56 Å². The lowest BCUT2D eigenvalue weighted by Crippen LogP contribution is -2.21. The molecule has 1 aromatic heterocycles. The smallest absolute Gasteiger partial charge is 0.287 e. The van der Waals surface area contributed by atoms with Gasteiger partial charge in [-0.15, -0.1) is 0 Å². The minimum Gasteiger partial charge on any atom is -0.293 e. The largest absolute Gasteiger partial charge is 0.293 e. The zero-order valence-corrected chi connectivity index (χ0v) is 15.8. The number of carbonyl (C=O) groups excluding carboxylic acids is 1. The third-order valence-corrected chi connectivity index (χ3v) is 5.11. The molecule has 0 aliphatic rings. The molecule has 0 aliphatic heterocycles. The van der Waals surface area contributed by atoms with Gasteiger partial charge in [-0.2, -0.15) is 0 Å². The summed E-state index contributed by atoms with van der Waals surface area (Å²) in [6, 6.07) is 13.5. The summed E-state index contributed by atoms with van der Waals surface area (Å²) in [6.45, 7) is 5.88. The van der Waals surface area contributed by atoms with E-state index in [2.05, 4.69) is 4.98 Å². The van der Waals surface area contributed by atoms with E-state index < -0.39 is 0 Å². The van der Waals surface area contributed by atoms with Gasteiger partial charge in [0.2, 0.25) is 0 Å². The van der Waals surface area contributed by atoms with Crippen molar-refractivity contribution in [3.63, 3.8) is 0 Å². The number of ketones is 1. The normalized spacial score (nSPS) is 10.7. The number of nitrogens with zero attached hydrogens (tertiary/aromatic N) is 2. The Morgan fingerprint density at radius 2 is 1.73 bits per heavy atom. The minimum absolute atomic E-state index is 0.00291. The van der Waals surface area contributed by atoms with E-state index in [9.17, 15) is 9.59 Å². The Morgan fingerprint density at radius 3 is 2.46 bits per heavy atom. The lowest BCUT2D eigenvalue weighted by Gasteiger charge is -2.08. The summed E-state index contributed by atoms with van der Waals surface area (Å²) in [5.74, 6) is 0.188. The quantitative estimate of drug-likeness (QED) is 0.504. The molecule has 3 rings (SSSR count). The van der Waals surface area contributed by atoms with Gasteiger partial charge in [0.15, 0.2) is 10.8 Å². The van der Waals surface area contributed by atoms with Crippen molar-refractivity contribution in [2.24, 2.45) is 0 Å². The van der Waals surface area contributed by atoms with Crippen LogP contribution >= 0.6 is 11.8 Å². The van der Waals surface area contributed by atoms with Crippen molar-refractivity contribution < 1.29 is 4.79 Å². The summed E-state index contributed by atoms with van der Waals surface area (Å²) >= 11 is 1.18. The van der Waals surface area contributed by atoms with Crippen LogP contribution in [-0.4, -0.2) is 21.1 Å². The molecular formula is C21H20N2O2S. The van der Waals surface area contributed by atoms with E-state index in [-0.39, 0.29) is 17.1 Å². The lowest BCUT2D eigenvalue weighted by molar-refractivity contribution is 0.102. The second kappa shape index (κ2) is 7.70. The van der Waals surface area contributed by atoms with Crippen LogP contribution in [0.25, 0.3) is 5.69 Å². The van der Waals surface area contributed by atoms with Gasteiger partial charge in [-0.05, 0) is 44.5 Å². The lowest BCUT2D eigenvalue weighted by atomic mass is 10.0. The summed E-state index contributed by atoms with van der Waals surface area (Å²) in [4.78, 5) is 29.4. The predicted molar refractivity (Wildman–Crippen MR) is 106 cm³/mol. The molecule has 1 heterocycles. The fourth-order valence-electron chi connectivity index (χ4n) is 2.65. The second-order valence-electron chi connectivity index (χ2n) is 6.27. The first kappa shape index (κ1) is 18.1. The molecular weight excluding hydrogens is 344 g/mol. The van der Waals surface area contributed by atoms with E-state index in [0.717, 1.165) is 22.4 Å². The highest BCUT2D eigenvalue weighted by Gasteiger charge is 2.13. The number of aromatic nitrogens is 2. The SMILES string of the molecule is Cc1ccc(-n2ccnc(SCC(=O)c3cc(C)ccc3C)c2=O)cc1. The van der Waals surface area contributed by atoms with Crippen molar-refractivity contribution >= 4 is 17.5 Å². The van der Waals surface area contributed by atoms with Crippen molar-refractivity contribution in [1.82, 2.24) is 9.55 Å². The number of carbonyl (C=O) groups is 1. The van der Waals surface area contributed by atoms with Crippen LogP contribution in [0.3, 0.4) is 0 Å². The van der Waals surface area contributed by atoms with Crippen molar-refractivity contribution in [2.45, 2.75) is 25.8 Å². The summed E-state index contributed by atoms with van der Waals surface area (Å²) < 4.78 is 1.55. The van der Waals surface area contributed by atoms with Crippen LogP contribution in [0, 0.1) is 20.8 Å².